The molecule has 2 aromatic rings. The third-order valence-corrected chi connectivity index (χ3v) is 4.70. The van der Waals surface area contributed by atoms with Gasteiger partial charge in [-0.15, -0.1) is 0 Å². The van der Waals surface area contributed by atoms with Gasteiger partial charge in [0.25, 0.3) is 5.91 Å². The Hall–Kier alpha value is -1.70. The molecule has 6 nitrogen and oxygen atoms in total. The van der Waals surface area contributed by atoms with Crippen LogP contribution in [0.15, 0.2) is 21.3 Å². The fourth-order valence-electron chi connectivity index (χ4n) is 2.60. The average Bonchev–Trinajstić information content (AvgIpc) is 3.18. The van der Waals surface area contributed by atoms with Crippen LogP contribution in [0.25, 0.3) is 0 Å². The van der Waals surface area contributed by atoms with Gasteiger partial charge in [0, 0.05) is 23.1 Å². The Labute approximate surface area is 138 Å². The first kappa shape index (κ1) is 16.2. The van der Waals surface area contributed by atoms with E-state index >= 15 is 0 Å². The van der Waals surface area contributed by atoms with Crippen LogP contribution in [0.2, 0.25) is 0 Å². The van der Waals surface area contributed by atoms with E-state index in [1.165, 1.54) is 11.3 Å². The minimum Gasteiger partial charge on any atom is -0.379 e. The highest BCUT2D eigenvalue weighted by molar-refractivity contribution is 7.08. The van der Waals surface area contributed by atoms with E-state index in [2.05, 4.69) is 10.5 Å². The van der Waals surface area contributed by atoms with Crippen LogP contribution in [0.1, 0.15) is 33.8 Å². The lowest BCUT2D eigenvalue weighted by molar-refractivity contribution is -0.0608. The van der Waals surface area contributed by atoms with Crippen molar-refractivity contribution in [1.82, 2.24) is 10.5 Å². The fourth-order valence-corrected chi connectivity index (χ4v) is 3.23. The summed E-state index contributed by atoms with van der Waals surface area (Å²) in [5.74, 6) is 0.682. The van der Waals surface area contributed by atoms with Gasteiger partial charge >= 0.3 is 0 Å². The predicted molar refractivity (Wildman–Crippen MR) is 85.6 cm³/mol. The SMILES string of the molecule is Cc1noc(C)c1CO[C@@H]1CCOC[C@@H]1NC(=O)c1ccsc1. The number of carbonyl (C=O) groups excluding carboxylic acids is 1. The van der Waals surface area contributed by atoms with Crippen molar-refractivity contribution in [2.45, 2.75) is 39.0 Å². The molecule has 0 saturated carbocycles. The van der Waals surface area contributed by atoms with Crippen LogP contribution in [-0.2, 0) is 16.1 Å². The number of nitrogens with one attached hydrogen (secondary N) is 1. The average molecular weight is 336 g/mol. The van der Waals surface area contributed by atoms with Crippen molar-refractivity contribution in [2.75, 3.05) is 13.2 Å². The van der Waals surface area contributed by atoms with Gasteiger partial charge in [0.2, 0.25) is 0 Å². The van der Waals surface area contributed by atoms with Gasteiger partial charge in [-0.2, -0.15) is 11.3 Å². The summed E-state index contributed by atoms with van der Waals surface area (Å²) in [5, 5.41) is 10.7. The Kier molecular flexibility index (Phi) is 5.09. The molecule has 0 aromatic carbocycles. The van der Waals surface area contributed by atoms with E-state index in [1.807, 2.05) is 30.7 Å². The zero-order valence-corrected chi connectivity index (χ0v) is 14.0. The van der Waals surface area contributed by atoms with E-state index in [4.69, 9.17) is 14.0 Å². The van der Waals surface area contributed by atoms with Crippen molar-refractivity contribution < 1.29 is 18.8 Å². The molecule has 2 atom stereocenters. The molecule has 1 fully saturated rings. The van der Waals surface area contributed by atoms with Gasteiger partial charge in [0.05, 0.1) is 31.1 Å². The minimum atomic E-state index is -0.156. The molecule has 0 radical (unpaired) electrons. The molecule has 1 saturated heterocycles. The van der Waals surface area contributed by atoms with E-state index in [9.17, 15) is 4.79 Å². The van der Waals surface area contributed by atoms with E-state index in [-0.39, 0.29) is 18.1 Å². The first-order valence-corrected chi connectivity index (χ1v) is 8.53. The maximum Gasteiger partial charge on any atom is 0.252 e. The van der Waals surface area contributed by atoms with Crippen LogP contribution in [0.3, 0.4) is 0 Å². The summed E-state index contributed by atoms with van der Waals surface area (Å²) in [7, 11) is 0. The topological polar surface area (TPSA) is 73.6 Å². The highest BCUT2D eigenvalue weighted by Gasteiger charge is 2.29. The normalized spacial score (nSPS) is 21.3. The summed E-state index contributed by atoms with van der Waals surface area (Å²) < 4.78 is 16.7. The molecule has 0 unspecified atom stereocenters. The second kappa shape index (κ2) is 7.25. The Balaban J connectivity index is 1.61. The molecule has 0 aliphatic carbocycles. The minimum absolute atomic E-state index is 0.0833. The summed E-state index contributed by atoms with van der Waals surface area (Å²) >= 11 is 1.50. The van der Waals surface area contributed by atoms with Gasteiger partial charge in [-0.05, 0) is 31.7 Å². The van der Waals surface area contributed by atoms with E-state index in [0.717, 1.165) is 23.4 Å². The monoisotopic (exact) mass is 336 g/mol. The maximum absolute atomic E-state index is 12.2. The molecule has 1 aliphatic rings. The highest BCUT2D eigenvalue weighted by Crippen LogP contribution is 2.19. The van der Waals surface area contributed by atoms with Crippen molar-refractivity contribution in [3.8, 4) is 0 Å². The van der Waals surface area contributed by atoms with E-state index < -0.39 is 0 Å². The van der Waals surface area contributed by atoms with Crippen LogP contribution < -0.4 is 5.32 Å². The van der Waals surface area contributed by atoms with Crippen molar-refractivity contribution in [1.29, 1.82) is 0 Å². The van der Waals surface area contributed by atoms with Gasteiger partial charge < -0.3 is 19.3 Å². The Morgan fingerprint density at radius 1 is 1.52 bits per heavy atom. The second-order valence-electron chi connectivity index (χ2n) is 5.61. The molecule has 3 rings (SSSR count). The molecule has 0 spiro atoms. The number of nitrogens with zero attached hydrogens (tertiary/aromatic N) is 1. The first-order valence-electron chi connectivity index (χ1n) is 7.59. The van der Waals surface area contributed by atoms with Crippen molar-refractivity contribution >= 4 is 17.2 Å². The van der Waals surface area contributed by atoms with Gasteiger partial charge in [-0.3, -0.25) is 4.79 Å². The van der Waals surface area contributed by atoms with Gasteiger partial charge in [-0.25, -0.2) is 0 Å². The summed E-state index contributed by atoms with van der Waals surface area (Å²) in [6.45, 7) is 5.30. The maximum atomic E-state index is 12.2. The lowest BCUT2D eigenvalue weighted by Crippen LogP contribution is -2.50. The Morgan fingerprint density at radius 2 is 2.39 bits per heavy atom. The first-order chi connectivity index (χ1) is 11.1. The number of rotatable bonds is 5. The Morgan fingerprint density at radius 3 is 3.09 bits per heavy atom. The molecule has 1 amide bonds. The van der Waals surface area contributed by atoms with Crippen molar-refractivity contribution in [2.24, 2.45) is 0 Å². The third-order valence-electron chi connectivity index (χ3n) is 4.02. The van der Waals surface area contributed by atoms with Crippen LogP contribution in [0.4, 0.5) is 0 Å². The van der Waals surface area contributed by atoms with Crippen molar-refractivity contribution in [3.05, 3.63) is 39.4 Å². The standard InChI is InChI=1S/C16H20N2O4S/c1-10-13(11(2)22-18-10)7-21-15-3-5-20-8-14(15)17-16(19)12-4-6-23-9-12/h4,6,9,14-15H,3,5,7-8H2,1-2H3,(H,17,19)/t14-,15+/m0/s1. The van der Waals surface area contributed by atoms with Crippen LogP contribution in [0, 0.1) is 13.8 Å². The number of amides is 1. The quantitative estimate of drug-likeness (QED) is 0.908. The summed E-state index contributed by atoms with van der Waals surface area (Å²) in [4.78, 5) is 12.2. The highest BCUT2D eigenvalue weighted by atomic mass is 32.1. The van der Waals surface area contributed by atoms with E-state index in [0.29, 0.717) is 25.4 Å². The molecule has 2 aromatic heterocycles. The number of aromatic nitrogens is 1. The van der Waals surface area contributed by atoms with Crippen LogP contribution in [-0.4, -0.2) is 36.4 Å². The molecule has 3 heterocycles. The van der Waals surface area contributed by atoms with E-state index in [1.54, 1.807) is 0 Å². The molecular formula is C16H20N2O4S. The smallest absolute Gasteiger partial charge is 0.252 e. The van der Waals surface area contributed by atoms with Gasteiger partial charge in [0.15, 0.2) is 0 Å². The van der Waals surface area contributed by atoms with Crippen LogP contribution >= 0.6 is 11.3 Å². The van der Waals surface area contributed by atoms with Gasteiger partial charge in [-0.1, -0.05) is 5.16 Å². The number of carbonyl (C=O) groups is 1. The van der Waals surface area contributed by atoms with Crippen molar-refractivity contribution in [3.63, 3.8) is 0 Å². The largest absolute Gasteiger partial charge is 0.379 e. The summed E-state index contributed by atoms with van der Waals surface area (Å²) in [6.07, 6.45) is 0.665. The third kappa shape index (κ3) is 3.80. The second-order valence-corrected chi connectivity index (χ2v) is 6.39. The Bertz CT molecular complexity index is 634. The summed E-state index contributed by atoms with van der Waals surface area (Å²) in [6, 6.07) is 1.65. The molecule has 23 heavy (non-hydrogen) atoms. The lowest BCUT2D eigenvalue weighted by Gasteiger charge is -2.32. The predicted octanol–water partition coefficient (Wildman–Crippen LogP) is 2.46. The fraction of sp³-hybridized carbons (Fsp3) is 0.500. The van der Waals surface area contributed by atoms with Crippen LogP contribution in [0.5, 0.6) is 0 Å². The molecule has 7 heteroatoms. The molecule has 124 valence electrons. The summed E-state index contributed by atoms with van der Waals surface area (Å²) in [5.41, 5.74) is 2.48. The zero-order chi connectivity index (χ0) is 16.2. The number of hydrogen-bond donors (Lipinski definition) is 1. The molecular weight excluding hydrogens is 316 g/mol. The lowest BCUT2D eigenvalue weighted by atomic mass is 10.1. The molecule has 1 aliphatic heterocycles. The van der Waals surface area contributed by atoms with Gasteiger partial charge in [0.1, 0.15) is 5.76 Å². The number of hydrogen-bond acceptors (Lipinski definition) is 6. The molecule has 0 bridgehead atoms. The zero-order valence-electron chi connectivity index (χ0n) is 13.2. The molecule has 1 N–H and O–H groups in total. The number of thiophene rings is 1. The number of ether oxygens (including phenoxy) is 2. The number of aryl methyl sites for hydroxylation is 2.